The summed E-state index contributed by atoms with van der Waals surface area (Å²) in [5, 5.41) is -0.0440. The van der Waals surface area contributed by atoms with Crippen molar-refractivity contribution >= 4 is 69.8 Å². The monoisotopic (exact) mass is 1690 g/mol. The fourth-order valence-electron chi connectivity index (χ4n) is 27.7. The van der Waals surface area contributed by atoms with Crippen molar-refractivity contribution in [1.29, 1.82) is 0 Å². The molecule has 24 heteroatoms. The Morgan fingerprint density at radius 3 is 1.37 bits per heavy atom. The van der Waals surface area contributed by atoms with Crippen LogP contribution in [0.15, 0.2) is 0 Å². The average Bonchev–Trinajstić information content (AvgIpc) is 1.53. The first-order valence-electron chi connectivity index (χ1n) is 47.1. The molecule has 660 valence electrons. The van der Waals surface area contributed by atoms with Gasteiger partial charge in [-0.05, 0) is 279 Å². The van der Waals surface area contributed by atoms with E-state index >= 15 is 0 Å². The Hall–Kier alpha value is -2.93. The largest absolute Gasteiger partial charge is 0.466 e. The van der Waals surface area contributed by atoms with Crippen LogP contribution in [0, 0.1) is 159 Å². The smallest absolute Gasteiger partial charge is 0.312 e. The molecule has 0 aromatic carbocycles. The lowest BCUT2D eigenvalue weighted by atomic mass is 9.60. The third kappa shape index (κ3) is 19.9. The third-order valence-electron chi connectivity index (χ3n) is 30.8. The van der Waals surface area contributed by atoms with E-state index in [9.17, 15) is 57.6 Å². The average molecular weight is 1690 g/mol. The van der Waals surface area contributed by atoms with Crippen molar-refractivity contribution in [3.8, 4) is 0 Å². The van der Waals surface area contributed by atoms with E-state index in [1.807, 2.05) is 125 Å². The topological polar surface area (TPSA) is 287 Å². The Morgan fingerprint density at radius 1 is 0.368 bits per heavy atom. The number of hydrogen-bond donors (Lipinski definition) is 0. The van der Waals surface area contributed by atoms with Crippen LogP contribution in [-0.4, -0.2) is 142 Å². The molecule has 31 unspecified atom stereocenters. The van der Waals surface area contributed by atoms with Gasteiger partial charge in [-0.15, -0.1) is 0 Å². The first kappa shape index (κ1) is 96.5. The summed E-state index contributed by atoms with van der Waals surface area (Å²) in [7, 11) is -11.4. The second-order valence-electron chi connectivity index (χ2n) is 35.1. The number of sulfone groups is 2. The van der Waals surface area contributed by atoms with Crippen LogP contribution in [0.25, 0.3) is 0 Å². The zero-order valence-electron chi connectivity index (χ0n) is 73.6. The van der Waals surface area contributed by atoms with Gasteiger partial charge in [0, 0.05) is 30.1 Å². The predicted octanol–water partition coefficient (Wildman–Crippen LogP) is 17.7. The zero-order chi connectivity index (χ0) is 84.1. The minimum atomic E-state index is -3.13. The summed E-state index contributed by atoms with van der Waals surface area (Å²) in [6.07, 6.45) is 32.0. The van der Waals surface area contributed by atoms with Gasteiger partial charge in [0.2, 0.25) is 0 Å². The maximum absolute atomic E-state index is 12.2. The Bertz CT molecular complexity index is 3430. The van der Waals surface area contributed by atoms with Gasteiger partial charge in [-0.1, -0.05) is 125 Å². The summed E-state index contributed by atoms with van der Waals surface area (Å²) in [6.45, 7) is 39.2. The SMILES string of the molecule is CC.CC.CC.CC.CC.CC.CC.CC.CC.O=C1CCCO1.O=C1OC2CC3CC1C2C3.O=C1OCC2C3CC(C12)C1C2CCC(C2)C31.O=C1OCC2C3CCC(C3)C12.O=C1OCCC12CC1CC2C2C3CCC(C3)C12.O=S1(=O)CC2CC3CC2C1C3.O=S1(=O)CCCC1.O=S1(=O)CCCO1.O=S1(=O)OC2CC3CC2C1C3. The molecule has 0 radical (unpaired) electrons. The van der Waals surface area contributed by atoms with Crippen LogP contribution in [0.3, 0.4) is 0 Å². The Kier molecular flexibility index (Phi) is 36.2. The maximum atomic E-state index is 12.2. The Balaban J connectivity index is 0.000000159. The molecule has 20 nitrogen and oxygen atoms in total. The van der Waals surface area contributed by atoms with Crippen molar-refractivity contribution in [2.75, 3.05) is 56.0 Å². The number of fused-ring (bicyclic) bond motifs is 30. The predicted molar refractivity (Wildman–Crippen MR) is 447 cm³/mol. The Labute approximate surface area is 691 Å². The van der Waals surface area contributed by atoms with Crippen molar-refractivity contribution in [1.82, 2.24) is 0 Å². The summed E-state index contributed by atoms with van der Waals surface area (Å²) < 4.78 is 121. The number of carbonyl (C=O) groups excluding carboxylic acids is 5. The lowest BCUT2D eigenvalue weighted by Gasteiger charge is -2.42. The van der Waals surface area contributed by atoms with Crippen LogP contribution in [0.4, 0.5) is 0 Å². The molecule has 16 saturated carbocycles. The molecule has 25 aliphatic rings. The summed E-state index contributed by atoms with van der Waals surface area (Å²) >= 11 is 0. The van der Waals surface area contributed by atoms with E-state index in [0.717, 1.165) is 160 Å². The van der Waals surface area contributed by atoms with E-state index in [-0.39, 0.29) is 57.6 Å². The minimum Gasteiger partial charge on any atom is -0.466 e. The summed E-state index contributed by atoms with van der Waals surface area (Å²) in [5.41, 5.74) is -0.00366. The van der Waals surface area contributed by atoms with Crippen LogP contribution in [0.2, 0.25) is 0 Å². The fraction of sp³-hybridized carbons (Fsp3) is 0.944. The van der Waals surface area contributed by atoms with Crippen LogP contribution >= 0.6 is 0 Å². The Morgan fingerprint density at radius 2 is 0.904 bits per heavy atom. The second-order valence-corrected chi connectivity index (χ2v) is 43.2. The molecule has 0 amide bonds. The van der Waals surface area contributed by atoms with Crippen molar-refractivity contribution in [3.05, 3.63) is 0 Å². The molecule has 9 heterocycles. The van der Waals surface area contributed by atoms with Gasteiger partial charge in [0.25, 0.3) is 20.2 Å². The molecule has 16 aliphatic carbocycles. The highest BCUT2D eigenvalue weighted by Crippen LogP contribution is 2.74. The van der Waals surface area contributed by atoms with Gasteiger partial charge in [-0.2, -0.15) is 16.8 Å². The molecule has 25 fully saturated rings. The van der Waals surface area contributed by atoms with Gasteiger partial charge >= 0.3 is 29.8 Å². The van der Waals surface area contributed by atoms with Gasteiger partial charge in [0.05, 0.1) is 95.8 Å². The molecule has 1 spiro atoms. The van der Waals surface area contributed by atoms with E-state index in [1.54, 1.807) is 0 Å². The molecule has 16 bridgehead atoms. The van der Waals surface area contributed by atoms with E-state index in [4.69, 9.17) is 23.1 Å². The molecule has 114 heavy (non-hydrogen) atoms. The molecule has 0 aromatic heterocycles. The lowest BCUT2D eigenvalue weighted by molar-refractivity contribution is -0.151. The van der Waals surface area contributed by atoms with E-state index < -0.39 is 39.9 Å². The molecule has 9 aliphatic heterocycles. The van der Waals surface area contributed by atoms with Crippen LogP contribution in [0.5, 0.6) is 0 Å². The molecular weight excluding hydrogens is 1530 g/mol. The van der Waals surface area contributed by atoms with E-state index in [1.165, 1.54) is 96.3 Å². The van der Waals surface area contributed by atoms with Crippen LogP contribution in [0.1, 0.15) is 298 Å². The van der Waals surface area contributed by atoms with Crippen molar-refractivity contribution < 1.29 is 89.7 Å². The lowest BCUT2D eigenvalue weighted by Crippen LogP contribution is -2.42. The zero-order valence-corrected chi connectivity index (χ0v) is 76.8. The minimum absolute atomic E-state index is 0.00366. The van der Waals surface area contributed by atoms with Gasteiger partial charge in [-0.25, -0.2) is 16.8 Å². The highest BCUT2D eigenvalue weighted by molar-refractivity contribution is 7.92. The van der Waals surface area contributed by atoms with Crippen molar-refractivity contribution in [2.45, 2.75) is 321 Å². The van der Waals surface area contributed by atoms with Crippen molar-refractivity contribution in [2.24, 2.45) is 159 Å². The third-order valence-corrected chi connectivity index (χ3v) is 38.1. The first-order valence-corrected chi connectivity index (χ1v) is 53.6. The standard InChI is InChI=1S/C15H20O2.C14H18O2.C9H12O2.C8H12O2S.C8H10O2.C7H10O3S.C4H8O2S.C4H6O2.C3H6O3S.9C2H6/c16-14-15(3-4-17-14)7-10-6-11(15)13-9-2-1-8(5-9)12(10)13;15-14-13-9-4-8(10(13)5-16-14)11-6-1-2-7(3-6)12(9)11;10-9-8-6-2-1-5(3-6)7(8)4-11-9;9-11(10)4-6-1-5-2-7(6)8(11)3-5;9-8-6-2-4-1-5(6)7(3-4)10-8;8-11(9)7-3-4-1-5(7)6(2-4)10-11;5-7(6)3-1-2-4-7;5-4-2-1-3-6-4;4-7(5)3-1-2-6-7;9*1-2/h8-13H,1-7H2;6-13H,1-5H2;2*5-8H,1-4H2;4-7H,1-3H2;4-7H,1-3H2;1-4H2;1-3H2;1-3H2;9*1-2H3. The second kappa shape index (κ2) is 42.7. The van der Waals surface area contributed by atoms with Gasteiger partial charge in [0.15, 0.2) is 9.84 Å². The maximum Gasteiger partial charge on any atom is 0.312 e. The molecular formula is C90H156O20S4. The number of ether oxygens (including phenoxy) is 5. The molecule has 9 saturated heterocycles. The number of hydrogen-bond acceptors (Lipinski definition) is 20. The summed E-state index contributed by atoms with van der Waals surface area (Å²) in [4.78, 5) is 56.3. The summed E-state index contributed by atoms with van der Waals surface area (Å²) in [5.74, 6) is 21.2. The van der Waals surface area contributed by atoms with Gasteiger partial charge < -0.3 is 23.7 Å². The molecule has 0 N–H and O–H groups in total. The molecule has 31 atom stereocenters. The molecule has 0 aromatic rings. The first-order chi connectivity index (χ1) is 55.0. The highest BCUT2D eigenvalue weighted by Gasteiger charge is 2.72. The quantitative estimate of drug-likeness (QED) is 0.0942. The molecule has 25 rings (SSSR count). The van der Waals surface area contributed by atoms with Crippen LogP contribution in [-0.2, 0) is 95.9 Å². The number of rotatable bonds is 0. The van der Waals surface area contributed by atoms with E-state index in [2.05, 4.69) is 8.92 Å². The summed E-state index contributed by atoms with van der Waals surface area (Å²) in [6, 6.07) is 0. The van der Waals surface area contributed by atoms with Gasteiger partial charge in [0.1, 0.15) is 15.9 Å². The van der Waals surface area contributed by atoms with Crippen molar-refractivity contribution in [3.63, 3.8) is 0 Å². The normalized spacial score (nSPS) is 44.5. The van der Waals surface area contributed by atoms with Gasteiger partial charge in [-0.3, -0.25) is 32.3 Å². The number of esters is 5. The number of carbonyl (C=O) groups is 5. The van der Waals surface area contributed by atoms with E-state index in [0.29, 0.717) is 127 Å². The highest BCUT2D eigenvalue weighted by atomic mass is 32.2. The number of cyclic esters (lactones) is 4. The fourth-order valence-corrected chi connectivity index (χ4v) is 34.7. The van der Waals surface area contributed by atoms with Crippen LogP contribution < -0.4 is 0 Å².